The molecule has 8 nitrogen and oxygen atoms in total. The van der Waals surface area contributed by atoms with Gasteiger partial charge in [-0.1, -0.05) is 0 Å². The van der Waals surface area contributed by atoms with Crippen LogP contribution in [0.5, 0.6) is 5.75 Å². The fourth-order valence-electron chi connectivity index (χ4n) is 3.37. The molecule has 3 N–H and O–H groups in total. The summed E-state index contributed by atoms with van der Waals surface area (Å²) in [6.07, 6.45) is -0.664. The Morgan fingerprint density at radius 3 is 2.54 bits per heavy atom. The Morgan fingerprint density at radius 1 is 1.25 bits per heavy atom. The predicted octanol–water partition coefficient (Wildman–Crippen LogP) is 1.02. The third-order valence-electron chi connectivity index (χ3n) is 4.83. The van der Waals surface area contributed by atoms with Gasteiger partial charge in [0.15, 0.2) is 5.92 Å². The van der Waals surface area contributed by atoms with Gasteiger partial charge in [0.05, 0.1) is 23.6 Å². The standard InChI is InChI=1S/C18H21F2N3O5/c1-9-15(16(26)21-10-2-7-13(24)14(25)8-10)17(27)23(22-9)11-3-5-12(6-4-11)28-18(19)20/h3-6,10,13-15,18,24-25H,2,7-8H2,1H3,(H,21,26). The highest BCUT2D eigenvalue weighted by Crippen LogP contribution is 2.27. The van der Waals surface area contributed by atoms with Crippen LogP contribution in [0.3, 0.4) is 0 Å². The van der Waals surface area contributed by atoms with Crippen LogP contribution in [0.4, 0.5) is 14.5 Å². The Labute approximate surface area is 159 Å². The van der Waals surface area contributed by atoms with E-state index in [0.29, 0.717) is 24.2 Å². The average Bonchev–Trinajstić information content (AvgIpc) is 2.93. The molecule has 2 aliphatic rings. The number of hydrogen-bond donors (Lipinski definition) is 3. The predicted molar refractivity (Wildman–Crippen MR) is 95.0 cm³/mol. The third kappa shape index (κ3) is 4.28. The first kappa shape index (κ1) is 20.2. The number of nitrogens with one attached hydrogen (secondary N) is 1. The minimum atomic E-state index is -2.95. The first-order valence-corrected chi connectivity index (χ1v) is 8.86. The summed E-state index contributed by atoms with van der Waals surface area (Å²) in [5, 5.41) is 27.2. The number of ether oxygens (including phenoxy) is 1. The summed E-state index contributed by atoms with van der Waals surface area (Å²) in [5.74, 6) is -2.26. The number of hydrogen-bond acceptors (Lipinski definition) is 6. The number of carbonyl (C=O) groups excluding carboxylic acids is 2. The number of aliphatic hydroxyl groups excluding tert-OH is 2. The molecule has 0 aromatic heterocycles. The topological polar surface area (TPSA) is 111 Å². The maximum atomic E-state index is 12.7. The molecule has 1 fully saturated rings. The van der Waals surface area contributed by atoms with Gasteiger partial charge in [0.25, 0.3) is 5.91 Å². The van der Waals surface area contributed by atoms with Gasteiger partial charge in [-0.15, -0.1) is 0 Å². The smallest absolute Gasteiger partial charge is 0.387 e. The number of amides is 2. The lowest BCUT2D eigenvalue weighted by atomic mass is 9.90. The second kappa shape index (κ2) is 8.19. The molecule has 1 aromatic rings. The number of carbonyl (C=O) groups is 2. The Hall–Kier alpha value is -2.59. The van der Waals surface area contributed by atoms with Gasteiger partial charge < -0.3 is 20.3 Å². The summed E-state index contributed by atoms with van der Waals surface area (Å²) in [6, 6.07) is 5.01. The Morgan fingerprint density at radius 2 is 1.93 bits per heavy atom. The largest absolute Gasteiger partial charge is 0.435 e. The van der Waals surface area contributed by atoms with E-state index in [1.165, 1.54) is 24.3 Å². The molecule has 0 radical (unpaired) electrons. The zero-order valence-corrected chi connectivity index (χ0v) is 15.1. The summed E-state index contributed by atoms with van der Waals surface area (Å²) < 4.78 is 28.7. The molecule has 1 aliphatic carbocycles. The maximum Gasteiger partial charge on any atom is 0.387 e. The van der Waals surface area contributed by atoms with Crippen molar-refractivity contribution in [1.29, 1.82) is 0 Å². The Balaban J connectivity index is 1.66. The van der Waals surface area contributed by atoms with E-state index in [-0.39, 0.29) is 18.2 Å². The van der Waals surface area contributed by atoms with Crippen LogP contribution < -0.4 is 15.1 Å². The number of halogens is 2. The number of rotatable bonds is 5. The number of nitrogens with zero attached hydrogens (tertiary/aromatic N) is 2. The van der Waals surface area contributed by atoms with Gasteiger partial charge in [-0.25, -0.2) is 0 Å². The van der Waals surface area contributed by atoms with Crippen molar-refractivity contribution in [2.24, 2.45) is 11.0 Å². The van der Waals surface area contributed by atoms with Crippen molar-refractivity contribution in [1.82, 2.24) is 5.32 Å². The first-order chi connectivity index (χ1) is 13.3. The van der Waals surface area contributed by atoms with E-state index in [9.17, 15) is 28.6 Å². The Bertz CT molecular complexity index is 771. The van der Waals surface area contributed by atoms with Crippen molar-refractivity contribution in [3.05, 3.63) is 24.3 Å². The highest BCUT2D eigenvalue weighted by atomic mass is 19.3. The molecule has 1 aliphatic heterocycles. The molecule has 10 heteroatoms. The molecule has 2 amide bonds. The summed E-state index contributed by atoms with van der Waals surface area (Å²) >= 11 is 0. The SMILES string of the molecule is CC1=NN(c2ccc(OC(F)F)cc2)C(=O)C1C(=O)NC1CCC(O)C(O)C1. The molecule has 1 heterocycles. The summed E-state index contributed by atoms with van der Waals surface area (Å²) in [4.78, 5) is 25.3. The highest BCUT2D eigenvalue weighted by molar-refractivity contribution is 6.26. The van der Waals surface area contributed by atoms with Crippen LogP contribution in [-0.2, 0) is 9.59 Å². The minimum Gasteiger partial charge on any atom is -0.435 e. The molecule has 0 saturated heterocycles. The lowest BCUT2D eigenvalue weighted by Gasteiger charge is -2.31. The first-order valence-electron chi connectivity index (χ1n) is 8.86. The van der Waals surface area contributed by atoms with Crippen molar-refractivity contribution in [2.75, 3.05) is 5.01 Å². The zero-order valence-electron chi connectivity index (χ0n) is 15.1. The summed E-state index contributed by atoms with van der Waals surface area (Å²) in [5.41, 5.74) is 0.615. The number of benzene rings is 1. The van der Waals surface area contributed by atoms with Gasteiger partial charge in [0.2, 0.25) is 5.91 Å². The van der Waals surface area contributed by atoms with Gasteiger partial charge in [-0.3, -0.25) is 9.59 Å². The number of anilines is 1. The van der Waals surface area contributed by atoms with Crippen molar-refractivity contribution >= 4 is 23.2 Å². The maximum absolute atomic E-state index is 12.7. The van der Waals surface area contributed by atoms with E-state index in [1.807, 2.05) is 0 Å². The van der Waals surface area contributed by atoms with Gasteiger partial charge in [0.1, 0.15) is 5.75 Å². The molecule has 4 atom stereocenters. The van der Waals surface area contributed by atoms with E-state index < -0.39 is 36.6 Å². The monoisotopic (exact) mass is 397 g/mol. The molecule has 1 aromatic carbocycles. The molecule has 3 rings (SSSR count). The fourth-order valence-corrected chi connectivity index (χ4v) is 3.37. The highest BCUT2D eigenvalue weighted by Gasteiger charge is 2.41. The second-order valence-electron chi connectivity index (χ2n) is 6.85. The molecule has 1 saturated carbocycles. The fraction of sp³-hybridized carbons (Fsp3) is 0.500. The van der Waals surface area contributed by atoms with Crippen molar-refractivity contribution in [2.45, 2.75) is 51.0 Å². The Kier molecular flexibility index (Phi) is 5.90. The van der Waals surface area contributed by atoms with Gasteiger partial charge in [0, 0.05) is 6.04 Å². The second-order valence-corrected chi connectivity index (χ2v) is 6.85. The van der Waals surface area contributed by atoms with Crippen LogP contribution in [0.25, 0.3) is 0 Å². The summed E-state index contributed by atoms with van der Waals surface area (Å²) in [6.45, 7) is -1.40. The quantitative estimate of drug-likeness (QED) is 0.643. The minimum absolute atomic E-state index is 0.0570. The average molecular weight is 397 g/mol. The summed E-state index contributed by atoms with van der Waals surface area (Å²) in [7, 11) is 0. The molecule has 28 heavy (non-hydrogen) atoms. The molecule has 0 spiro atoms. The molecule has 4 unspecified atom stereocenters. The van der Waals surface area contributed by atoms with Gasteiger partial charge in [-0.05, 0) is 50.5 Å². The number of hydrazone groups is 1. The van der Waals surface area contributed by atoms with E-state index in [4.69, 9.17) is 0 Å². The lowest BCUT2D eigenvalue weighted by Crippen LogP contribution is -2.49. The van der Waals surface area contributed by atoms with E-state index in [2.05, 4.69) is 15.2 Å². The van der Waals surface area contributed by atoms with E-state index in [0.717, 1.165) is 5.01 Å². The van der Waals surface area contributed by atoms with E-state index in [1.54, 1.807) is 6.92 Å². The zero-order chi connectivity index (χ0) is 20.4. The number of alkyl halides is 2. The molecular weight excluding hydrogens is 376 g/mol. The molecular formula is C18H21F2N3O5. The van der Waals surface area contributed by atoms with Crippen molar-refractivity contribution < 1.29 is 33.3 Å². The van der Waals surface area contributed by atoms with Gasteiger partial charge in [-0.2, -0.15) is 18.9 Å². The van der Waals surface area contributed by atoms with Crippen LogP contribution in [-0.4, -0.2) is 52.6 Å². The van der Waals surface area contributed by atoms with E-state index >= 15 is 0 Å². The van der Waals surface area contributed by atoms with Crippen molar-refractivity contribution in [3.8, 4) is 5.75 Å². The van der Waals surface area contributed by atoms with Crippen LogP contribution in [0.15, 0.2) is 29.4 Å². The van der Waals surface area contributed by atoms with Crippen LogP contribution >= 0.6 is 0 Å². The van der Waals surface area contributed by atoms with Crippen molar-refractivity contribution in [3.63, 3.8) is 0 Å². The third-order valence-corrected chi connectivity index (χ3v) is 4.83. The normalized spacial score (nSPS) is 27.7. The van der Waals surface area contributed by atoms with Crippen LogP contribution in [0.1, 0.15) is 26.2 Å². The molecule has 0 bridgehead atoms. The van der Waals surface area contributed by atoms with Crippen LogP contribution in [0.2, 0.25) is 0 Å². The number of aliphatic hydroxyl groups is 2. The van der Waals surface area contributed by atoms with Crippen LogP contribution in [0, 0.1) is 5.92 Å². The van der Waals surface area contributed by atoms with Gasteiger partial charge >= 0.3 is 6.61 Å². The molecule has 152 valence electrons. The lowest BCUT2D eigenvalue weighted by molar-refractivity contribution is -0.131.